The SMILES string of the molecule is C=CCNC(=O)c1ccc(NC(=O)N2CCCC2c2cccn2C)cc1. The summed E-state index contributed by atoms with van der Waals surface area (Å²) in [6.45, 7) is 4.74. The Morgan fingerprint density at radius 3 is 2.69 bits per heavy atom. The van der Waals surface area contributed by atoms with Gasteiger partial charge >= 0.3 is 6.03 Å². The molecule has 3 rings (SSSR count). The van der Waals surface area contributed by atoms with Gasteiger partial charge in [0.2, 0.25) is 0 Å². The molecule has 2 aromatic rings. The molecule has 26 heavy (non-hydrogen) atoms. The maximum absolute atomic E-state index is 12.7. The summed E-state index contributed by atoms with van der Waals surface area (Å²) in [5, 5.41) is 5.66. The number of likely N-dealkylation sites (tertiary alicyclic amines) is 1. The molecule has 1 aliphatic heterocycles. The van der Waals surface area contributed by atoms with Gasteiger partial charge in [0.05, 0.1) is 6.04 Å². The van der Waals surface area contributed by atoms with Crippen molar-refractivity contribution in [3.05, 3.63) is 66.5 Å². The first-order chi connectivity index (χ1) is 12.6. The Kier molecular flexibility index (Phi) is 5.41. The Morgan fingerprint density at radius 1 is 1.27 bits per heavy atom. The van der Waals surface area contributed by atoms with Gasteiger partial charge in [0, 0.05) is 43.3 Å². The summed E-state index contributed by atoms with van der Waals surface area (Å²) < 4.78 is 2.06. The lowest BCUT2D eigenvalue weighted by Gasteiger charge is -2.25. The van der Waals surface area contributed by atoms with Crippen LogP contribution in [0.4, 0.5) is 10.5 Å². The van der Waals surface area contributed by atoms with E-state index in [1.54, 1.807) is 30.3 Å². The van der Waals surface area contributed by atoms with Crippen molar-refractivity contribution in [1.29, 1.82) is 0 Å². The van der Waals surface area contributed by atoms with Crippen LogP contribution in [0.5, 0.6) is 0 Å². The molecule has 0 spiro atoms. The summed E-state index contributed by atoms with van der Waals surface area (Å²) in [6.07, 6.45) is 5.59. The molecule has 1 saturated heterocycles. The van der Waals surface area contributed by atoms with E-state index in [4.69, 9.17) is 0 Å². The smallest absolute Gasteiger partial charge is 0.322 e. The molecule has 6 heteroatoms. The molecule has 0 bridgehead atoms. The van der Waals surface area contributed by atoms with Crippen LogP contribution >= 0.6 is 0 Å². The minimum absolute atomic E-state index is 0.0963. The minimum Gasteiger partial charge on any atom is -0.353 e. The van der Waals surface area contributed by atoms with Crippen LogP contribution in [0.25, 0.3) is 0 Å². The van der Waals surface area contributed by atoms with Crippen molar-refractivity contribution < 1.29 is 9.59 Å². The number of hydrogen-bond acceptors (Lipinski definition) is 2. The lowest BCUT2D eigenvalue weighted by Crippen LogP contribution is -2.35. The van der Waals surface area contributed by atoms with Crippen LogP contribution in [0.3, 0.4) is 0 Å². The highest BCUT2D eigenvalue weighted by molar-refractivity contribution is 5.95. The maximum Gasteiger partial charge on any atom is 0.322 e. The number of anilines is 1. The van der Waals surface area contributed by atoms with Gasteiger partial charge in [-0.1, -0.05) is 6.08 Å². The molecule has 1 fully saturated rings. The quantitative estimate of drug-likeness (QED) is 0.811. The first kappa shape index (κ1) is 17.8. The van der Waals surface area contributed by atoms with Crippen LogP contribution in [0.15, 0.2) is 55.3 Å². The third-order valence-electron chi connectivity index (χ3n) is 4.64. The van der Waals surface area contributed by atoms with Crippen molar-refractivity contribution in [2.75, 3.05) is 18.4 Å². The van der Waals surface area contributed by atoms with Crippen molar-refractivity contribution in [2.24, 2.45) is 7.05 Å². The Hall–Kier alpha value is -3.02. The lowest BCUT2D eigenvalue weighted by molar-refractivity contribution is 0.0958. The Morgan fingerprint density at radius 2 is 2.04 bits per heavy atom. The summed E-state index contributed by atoms with van der Waals surface area (Å²) in [7, 11) is 2.00. The molecule has 2 heterocycles. The minimum atomic E-state index is -0.161. The molecule has 1 atom stereocenters. The van der Waals surface area contributed by atoms with Crippen molar-refractivity contribution in [3.8, 4) is 0 Å². The molecule has 1 unspecified atom stereocenters. The van der Waals surface area contributed by atoms with Gasteiger partial charge < -0.3 is 20.1 Å². The van der Waals surface area contributed by atoms with E-state index in [-0.39, 0.29) is 18.0 Å². The first-order valence-electron chi connectivity index (χ1n) is 8.78. The van der Waals surface area contributed by atoms with Crippen LogP contribution in [0, 0.1) is 0 Å². The largest absolute Gasteiger partial charge is 0.353 e. The zero-order valence-electron chi connectivity index (χ0n) is 14.9. The van der Waals surface area contributed by atoms with Gasteiger partial charge in [-0.3, -0.25) is 4.79 Å². The van der Waals surface area contributed by atoms with E-state index >= 15 is 0 Å². The average molecular weight is 352 g/mol. The number of aryl methyl sites for hydroxylation is 1. The van der Waals surface area contributed by atoms with E-state index in [9.17, 15) is 9.59 Å². The molecule has 3 amide bonds. The molecule has 0 radical (unpaired) electrons. The molecule has 136 valence electrons. The Labute approximate surface area is 153 Å². The first-order valence-corrected chi connectivity index (χ1v) is 8.78. The number of nitrogens with zero attached hydrogens (tertiary/aromatic N) is 2. The van der Waals surface area contributed by atoms with Crippen LogP contribution in [0.1, 0.15) is 34.9 Å². The summed E-state index contributed by atoms with van der Waals surface area (Å²) in [4.78, 5) is 26.5. The van der Waals surface area contributed by atoms with Gasteiger partial charge in [0.25, 0.3) is 5.91 Å². The monoisotopic (exact) mass is 352 g/mol. The second-order valence-corrected chi connectivity index (χ2v) is 6.40. The van der Waals surface area contributed by atoms with E-state index in [1.807, 2.05) is 24.2 Å². The fourth-order valence-corrected chi connectivity index (χ4v) is 3.30. The Bertz CT molecular complexity index is 794. The molecule has 2 N–H and O–H groups in total. The number of hydrogen-bond donors (Lipinski definition) is 2. The second kappa shape index (κ2) is 7.91. The average Bonchev–Trinajstić information content (AvgIpc) is 3.28. The maximum atomic E-state index is 12.7. The second-order valence-electron chi connectivity index (χ2n) is 6.40. The topological polar surface area (TPSA) is 66.4 Å². The van der Waals surface area contributed by atoms with Gasteiger partial charge in [-0.25, -0.2) is 4.79 Å². The predicted octanol–water partition coefficient (Wildman–Crippen LogP) is 3.31. The van der Waals surface area contributed by atoms with Crippen molar-refractivity contribution >= 4 is 17.6 Å². The van der Waals surface area contributed by atoms with Crippen molar-refractivity contribution in [3.63, 3.8) is 0 Å². The third-order valence-corrected chi connectivity index (χ3v) is 4.64. The Balaban J connectivity index is 1.65. The van der Waals surface area contributed by atoms with Gasteiger partial charge in [0.1, 0.15) is 0 Å². The molecule has 1 aromatic heterocycles. The molecule has 6 nitrogen and oxygen atoms in total. The van der Waals surface area contributed by atoms with Crippen molar-refractivity contribution in [1.82, 2.24) is 14.8 Å². The van der Waals surface area contributed by atoms with E-state index in [0.29, 0.717) is 17.8 Å². The fourth-order valence-electron chi connectivity index (χ4n) is 3.30. The number of carbonyl (C=O) groups is 2. The van der Waals surface area contributed by atoms with Crippen LogP contribution in [-0.4, -0.2) is 34.5 Å². The van der Waals surface area contributed by atoms with Crippen LogP contribution in [0.2, 0.25) is 0 Å². The molecular formula is C20H24N4O2. The fraction of sp³-hybridized carbons (Fsp3) is 0.300. The predicted molar refractivity (Wildman–Crippen MR) is 102 cm³/mol. The highest BCUT2D eigenvalue weighted by atomic mass is 16.2. The zero-order valence-corrected chi connectivity index (χ0v) is 14.9. The molecule has 0 aliphatic carbocycles. The number of rotatable bonds is 5. The highest BCUT2D eigenvalue weighted by Crippen LogP contribution is 2.32. The summed E-state index contributed by atoms with van der Waals surface area (Å²) in [5.74, 6) is -0.161. The highest BCUT2D eigenvalue weighted by Gasteiger charge is 2.31. The molecule has 0 saturated carbocycles. The standard InChI is InChI=1S/C20H24N4O2/c1-3-12-21-19(25)15-8-10-16(11-9-15)22-20(26)24-14-5-7-18(24)17-6-4-13-23(17)2/h3-4,6,8-11,13,18H,1,5,7,12,14H2,2H3,(H,21,25)(H,22,26). The lowest BCUT2D eigenvalue weighted by atomic mass is 10.1. The number of benzene rings is 1. The van der Waals surface area contributed by atoms with Gasteiger partial charge in [-0.15, -0.1) is 6.58 Å². The summed E-state index contributed by atoms with van der Waals surface area (Å²) in [5.41, 5.74) is 2.37. The number of nitrogens with one attached hydrogen (secondary N) is 2. The summed E-state index contributed by atoms with van der Waals surface area (Å²) in [6, 6.07) is 10.9. The number of aromatic nitrogens is 1. The summed E-state index contributed by atoms with van der Waals surface area (Å²) >= 11 is 0. The normalized spacial score (nSPS) is 16.3. The van der Waals surface area contributed by atoms with Crippen molar-refractivity contribution in [2.45, 2.75) is 18.9 Å². The van der Waals surface area contributed by atoms with E-state index in [2.05, 4.69) is 27.8 Å². The van der Waals surface area contributed by atoms with E-state index in [1.165, 1.54) is 0 Å². The van der Waals surface area contributed by atoms with Gasteiger partial charge in [-0.05, 0) is 49.2 Å². The van der Waals surface area contributed by atoms with Gasteiger partial charge in [0.15, 0.2) is 0 Å². The third kappa shape index (κ3) is 3.79. The van der Waals surface area contributed by atoms with Crippen LogP contribution in [-0.2, 0) is 7.05 Å². The number of carbonyl (C=O) groups excluding carboxylic acids is 2. The zero-order chi connectivity index (χ0) is 18.5. The van der Waals surface area contributed by atoms with E-state index in [0.717, 1.165) is 25.1 Å². The molecule has 1 aliphatic rings. The number of urea groups is 1. The van der Waals surface area contributed by atoms with E-state index < -0.39 is 0 Å². The molecule has 1 aromatic carbocycles. The molecular weight excluding hydrogens is 328 g/mol. The van der Waals surface area contributed by atoms with Crippen LogP contribution < -0.4 is 10.6 Å². The van der Waals surface area contributed by atoms with Gasteiger partial charge in [-0.2, -0.15) is 0 Å². The number of amides is 3.